The molecule has 33 heavy (non-hydrogen) atoms. The third kappa shape index (κ3) is 5.28. The van der Waals surface area contributed by atoms with E-state index >= 15 is 0 Å². The second kappa shape index (κ2) is 10.2. The molecule has 3 aromatic rings. The predicted octanol–water partition coefficient (Wildman–Crippen LogP) is 5.04. The SMILES string of the molecule is O=C(NCC1CCNCC1)c1ccc2c(c1)CCCN2Cc1cccc(-c2ccccc2)c1. The number of rotatable bonds is 6. The Morgan fingerprint density at radius 3 is 2.61 bits per heavy atom. The molecule has 0 unspecified atom stereocenters. The second-order valence-corrected chi connectivity index (χ2v) is 9.34. The van der Waals surface area contributed by atoms with E-state index in [0.29, 0.717) is 5.92 Å². The first-order valence-corrected chi connectivity index (χ1v) is 12.3. The number of aryl methyl sites for hydroxylation is 1. The van der Waals surface area contributed by atoms with Gasteiger partial charge in [0.15, 0.2) is 0 Å². The number of amides is 1. The van der Waals surface area contributed by atoms with Gasteiger partial charge in [0.1, 0.15) is 0 Å². The molecule has 0 bridgehead atoms. The lowest BCUT2D eigenvalue weighted by atomic mass is 9.96. The Morgan fingerprint density at radius 2 is 1.76 bits per heavy atom. The van der Waals surface area contributed by atoms with Crippen LogP contribution in [-0.4, -0.2) is 32.1 Å². The monoisotopic (exact) mass is 439 g/mol. The van der Waals surface area contributed by atoms with Gasteiger partial charge in [0.05, 0.1) is 0 Å². The quantitative estimate of drug-likeness (QED) is 0.566. The van der Waals surface area contributed by atoms with E-state index in [4.69, 9.17) is 0 Å². The summed E-state index contributed by atoms with van der Waals surface area (Å²) >= 11 is 0. The molecule has 0 spiro atoms. The zero-order valence-corrected chi connectivity index (χ0v) is 19.2. The van der Waals surface area contributed by atoms with Crippen molar-refractivity contribution in [2.45, 2.75) is 32.2 Å². The molecule has 0 aliphatic carbocycles. The molecule has 0 aromatic heterocycles. The van der Waals surface area contributed by atoms with Gasteiger partial charge in [-0.15, -0.1) is 0 Å². The van der Waals surface area contributed by atoms with Gasteiger partial charge in [-0.2, -0.15) is 0 Å². The summed E-state index contributed by atoms with van der Waals surface area (Å²) in [4.78, 5) is 15.2. The van der Waals surface area contributed by atoms with Crippen LogP contribution in [-0.2, 0) is 13.0 Å². The van der Waals surface area contributed by atoms with E-state index in [2.05, 4.69) is 82.3 Å². The maximum atomic E-state index is 12.8. The first-order valence-electron chi connectivity index (χ1n) is 12.3. The summed E-state index contributed by atoms with van der Waals surface area (Å²) in [6, 6.07) is 25.6. The van der Waals surface area contributed by atoms with Crippen molar-refractivity contribution < 1.29 is 4.79 Å². The number of carbonyl (C=O) groups is 1. The maximum Gasteiger partial charge on any atom is 0.251 e. The number of anilines is 1. The zero-order valence-electron chi connectivity index (χ0n) is 19.2. The molecular weight excluding hydrogens is 406 g/mol. The van der Waals surface area contributed by atoms with Gasteiger partial charge in [-0.25, -0.2) is 0 Å². The van der Waals surface area contributed by atoms with E-state index in [1.807, 2.05) is 6.07 Å². The lowest BCUT2D eigenvalue weighted by Gasteiger charge is -2.32. The minimum absolute atomic E-state index is 0.0593. The minimum atomic E-state index is 0.0593. The number of benzene rings is 3. The highest BCUT2D eigenvalue weighted by molar-refractivity contribution is 5.95. The molecule has 5 rings (SSSR count). The highest BCUT2D eigenvalue weighted by Gasteiger charge is 2.20. The number of nitrogens with zero attached hydrogens (tertiary/aromatic N) is 1. The lowest BCUT2D eigenvalue weighted by Crippen LogP contribution is -2.36. The molecule has 1 amide bonds. The van der Waals surface area contributed by atoms with Crippen LogP contribution in [0.4, 0.5) is 5.69 Å². The summed E-state index contributed by atoms with van der Waals surface area (Å²) in [5.74, 6) is 0.652. The average molecular weight is 440 g/mol. The Labute approximate surface area is 197 Å². The summed E-state index contributed by atoms with van der Waals surface area (Å²) in [5, 5.41) is 6.55. The van der Waals surface area contributed by atoms with Crippen molar-refractivity contribution in [3.63, 3.8) is 0 Å². The summed E-state index contributed by atoms with van der Waals surface area (Å²) in [6.07, 6.45) is 4.44. The highest BCUT2D eigenvalue weighted by Crippen LogP contribution is 2.30. The summed E-state index contributed by atoms with van der Waals surface area (Å²) < 4.78 is 0. The van der Waals surface area contributed by atoms with Gasteiger partial charge < -0.3 is 15.5 Å². The fourth-order valence-electron chi connectivity index (χ4n) is 5.11. The molecule has 2 N–H and O–H groups in total. The van der Waals surface area contributed by atoms with Gasteiger partial charge in [0.2, 0.25) is 0 Å². The molecule has 1 fully saturated rings. The predicted molar refractivity (Wildman–Crippen MR) is 136 cm³/mol. The van der Waals surface area contributed by atoms with Crippen LogP contribution in [0.5, 0.6) is 0 Å². The van der Waals surface area contributed by atoms with Crippen LogP contribution in [0.15, 0.2) is 72.8 Å². The smallest absolute Gasteiger partial charge is 0.251 e. The summed E-state index contributed by atoms with van der Waals surface area (Å²) in [6.45, 7) is 4.83. The molecule has 2 aliphatic rings. The number of hydrogen-bond acceptors (Lipinski definition) is 3. The number of fused-ring (bicyclic) bond motifs is 1. The van der Waals surface area contributed by atoms with Crippen LogP contribution in [0.3, 0.4) is 0 Å². The van der Waals surface area contributed by atoms with Gasteiger partial charge in [0.25, 0.3) is 5.91 Å². The topological polar surface area (TPSA) is 44.4 Å². The van der Waals surface area contributed by atoms with E-state index in [1.165, 1.54) is 27.9 Å². The number of hydrogen-bond donors (Lipinski definition) is 2. The Hall–Kier alpha value is -3.11. The molecule has 4 nitrogen and oxygen atoms in total. The van der Waals surface area contributed by atoms with Crippen LogP contribution in [0.25, 0.3) is 11.1 Å². The second-order valence-electron chi connectivity index (χ2n) is 9.34. The number of piperidine rings is 1. The van der Waals surface area contributed by atoms with E-state index in [0.717, 1.165) is 64.0 Å². The average Bonchev–Trinajstić information content (AvgIpc) is 2.88. The van der Waals surface area contributed by atoms with E-state index in [9.17, 15) is 4.79 Å². The molecule has 0 atom stereocenters. The standard InChI is InChI=1S/C29H33N3O/c33-29(31-20-22-13-15-30-16-14-22)27-11-12-28-26(19-27)10-5-17-32(28)21-23-6-4-9-25(18-23)24-7-2-1-3-8-24/h1-4,6-9,11-12,18-19,22,30H,5,10,13-17,20-21H2,(H,31,33). The van der Waals surface area contributed by atoms with Crippen LogP contribution in [0.2, 0.25) is 0 Å². The molecule has 0 radical (unpaired) electrons. The molecule has 170 valence electrons. The van der Waals surface area contributed by atoms with E-state index in [1.54, 1.807) is 0 Å². The van der Waals surface area contributed by atoms with Gasteiger partial charge in [-0.05, 0) is 91.2 Å². The minimum Gasteiger partial charge on any atom is -0.367 e. The largest absolute Gasteiger partial charge is 0.367 e. The summed E-state index contributed by atoms with van der Waals surface area (Å²) in [5.41, 5.74) is 7.16. The molecular formula is C29H33N3O. The van der Waals surface area contributed by atoms with Crippen molar-refractivity contribution in [1.82, 2.24) is 10.6 Å². The van der Waals surface area contributed by atoms with Crippen molar-refractivity contribution in [2.24, 2.45) is 5.92 Å². The van der Waals surface area contributed by atoms with Crippen molar-refractivity contribution >= 4 is 11.6 Å². The number of carbonyl (C=O) groups excluding carboxylic acids is 1. The fraction of sp³-hybridized carbons (Fsp3) is 0.345. The van der Waals surface area contributed by atoms with Crippen molar-refractivity contribution in [2.75, 3.05) is 31.1 Å². The Bertz CT molecular complexity index is 1090. The summed E-state index contributed by atoms with van der Waals surface area (Å²) in [7, 11) is 0. The van der Waals surface area contributed by atoms with Crippen molar-refractivity contribution in [3.05, 3.63) is 89.5 Å². The van der Waals surface area contributed by atoms with Crippen LogP contribution >= 0.6 is 0 Å². The normalized spacial score (nSPS) is 16.3. The van der Waals surface area contributed by atoms with Crippen LogP contribution in [0.1, 0.15) is 40.7 Å². The molecule has 1 saturated heterocycles. The first-order chi connectivity index (χ1) is 16.3. The Morgan fingerprint density at radius 1 is 0.939 bits per heavy atom. The lowest BCUT2D eigenvalue weighted by molar-refractivity contribution is 0.0944. The van der Waals surface area contributed by atoms with Gasteiger partial charge >= 0.3 is 0 Å². The Kier molecular flexibility index (Phi) is 6.73. The highest BCUT2D eigenvalue weighted by atomic mass is 16.1. The third-order valence-electron chi connectivity index (χ3n) is 6.97. The van der Waals surface area contributed by atoms with Gasteiger partial charge in [-0.3, -0.25) is 4.79 Å². The van der Waals surface area contributed by atoms with Gasteiger partial charge in [-0.1, -0.05) is 48.5 Å². The van der Waals surface area contributed by atoms with Crippen LogP contribution in [0, 0.1) is 5.92 Å². The van der Waals surface area contributed by atoms with E-state index < -0.39 is 0 Å². The number of nitrogens with one attached hydrogen (secondary N) is 2. The Balaban J connectivity index is 1.27. The van der Waals surface area contributed by atoms with Crippen molar-refractivity contribution in [1.29, 1.82) is 0 Å². The first kappa shape index (κ1) is 21.7. The van der Waals surface area contributed by atoms with E-state index in [-0.39, 0.29) is 5.91 Å². The zero-order chi connectivity index (χ0) is 22.5. The molecule has 0 saturated carbocycles. The van der Waals surface area contributed by atoms with Crippen molar-refractivity contribution in [3.8, 4) is 11.1 Å². The third-order valence-corrected chi connectivity index (χ3v) is 6.97. The molecule has 4 heteroatoms. The van der Waals surface area contributed by atoms with Crippen LogP contribution < -0.4 is 15.5 Å². The molecule has 3 aromatic carbocycles. The fourth-order valence-corrected chi connectivity index (χ4v) is 5.11. The molecule has 2 aliphatic heterocycles. The molecule has 2 heterocycles. The maximum absolute atomic E-state index is 12.8. The van der Waals surface area contributed by atoms with Gasteiger partial charge in [0, 0.05) is 30.9 Å².